The lowest BCUT2D eigenvalue weighted by Crippen LogP contribution is -2.35. The number of ether oxygens (including phenoxy) is 1. The van der Waals surface area contributed by atoms with E-state index in [1.807, 2.05) is 48.5 Å². The second kappa shape index (κ2) is 10.3. The minimum Gasteiger partial charge on any atom is -0.452 e. The second-order valence-corrected chi connectivity index (χ2v) is 11.9. The van der Waals surface area contributed by atoms with Gasteiger partial charge < -0.3 is 4.74 Å². The molecule has 0 saturated carbocycles. The highest BCUT2D eigenvalue weighted by molar-refractivity contribution is 7.99. The molecule has 2 aliphatic heterocycles. The highest BCUT2D eigenvalue weighted by Crippen LogP contribution is 2.47. The number of benzene rings is 3. The molecular weight excluding hydrogens is 520 g/mol. The third-order valence-electron chi connectivity index (χ3n) is 6.11. The van der Waals surface area contributed by atoms with Crippen LogP contribution in [0.2, 0.25) is 5.02 Å². The van der Waals surface area contributed by atoms with Crippen LogP contribution in [0, 0.1) is 0 Å². The summed E-state index contributed by atoms with van der Waals surface area (Å²) in [6.07, 6.45) is 2.54. The van der Waals surface area contributed by atoms with Crippen molar-refractivity contribution in [2.45, 2.75) is 33.9 Å². The van der Waals surface area contributed by atoms with Crippen molar-refractivity contribution in [3.05, 3.63) is 77.3 Å². The molecule has 1 fully saturated rings. The van der Waals surface area contributed by atoms with Gasteiger partial charge in [-0.2, -0.15) is 4.31 Å². The van der Waals surface area contributed by atoms with Gasteiger partial charge >= 0.3 is 5.97 Å². The molecule has 7 nitrogen and oxygen atoms in total. The van der Waals surface area contributed by atoms with Gasteiger partial charge in [0.1, 0.15) is 4.90 Å². The smallest absolute Gasteiger partial charge is 0.338 e. The van der Waals surface area contributed by atoms with Crippen molar-refractivity contribution in [3.8, 4) is 0 Å². The zero-order valence-electron chi connectivity index (χ0n) is 19.2. The van der Waals surface area contributed by atoms with Gasteiger partial charge in [0.05, 0.1) is 22.0 Å². The minimum atomic E-state index is -3.85. The predicted octanol–water partition coefficient (Wildman–Crippen LogP) is 5.50. The van der Waals surface area contributed by atoms with Gasteiger partial charge in [0, 0.05) is 22.9 Å². The zero-order chi connectivity index (χ0) is 25.3. The van der Waals surface area contributed by atoms with Crippen LogP contribution in [0.15, 0.2) is 81.4 Å². The third kappa shape index (κ3) is 4.76. The number of amides is 1. The Morgan fingerprint density at radius 2 is 1.50 bits per heavy atom. The average Bonchev–Trinajstić information content (AvgIpc) is 2.90. The van der Waals surface area contributed by atoms with E-state index in [1.165, 1.54) is 22.5 Å². The maximum absolute atomic E-state index is 13.3. The molecule has 1 amide bonds. The number of anilines is 2. The summed E-state index contributed by atoms with van der Waals surface area (Å²) in [5.74, 6) is -1.22. The summed E-state index contributed by atoms with van der Waals surface area (Å²) < 4.78 is 33.0. The molecule has 0 N–H and O–H groups in total. The Hall–Kier alpha value is -2.85. The van der Waals surface area contributed by atoms with Gasteiger partial charge in [-0.1, -0.05) is 54.0 Å². The highest BCUT2D eigenvalue weighted by Gasteiger charge is 2.30. The molecule has 186 valence electrons. The van der Waals surface area contributed by atoms with Crippen LogP contribution in [0.4, 0.5) is 11.4 Å². The monoisotopic (exact) mass is 542 g/mol. The number of esters is 1. The molecular formula is C26H23ClN2O5S2. The molecule has 1 saturated heterocycles. The molecule has 2 heterocycles. The largest absolute Gasteiger partial charge is 0.452 e. The number of hydrogen-bond acceptors (Lipinski definition) is 6. The van der Waals surface area contributed by atoms with Crippen LogP contribution in [0.25, 0.3) is 0 Å². The predicted molar refractivity (Wildman–Crippen MR) is 138 cm³/mol. The maximum atomic E-state index is 13.3. The molecule has 0 unspecified atom stereocenters. The second-order valence-electron chi connectivity index (χ2n) is 8.45. The summed E-state index contributed by atoms with van der Waals surface area (Å²) >= 11 is 7.78. The summed E-state index contributed by atoms with van der Waals surface area (Å²) in [6.45, 7) is 0.320. The summed E-state index contributed by atoms with van der Waals surface area (Å²) in [6, 6.07) is 19.0. The number of rotatable bonds is 5. The Labute approximate surface area is 219 Å². The van der Waals surface area contributed by atoms with Crippen LogP contribution in [0.5, 0.6) is 0 Å². The van der Waals surface area contributed by atoms with Gasteiger partial charge in [0.2, 0.25) is 10.0 Å². The molecule has 3 aromatic rings. The first-order chi connectivity index (χ1) is 17.4. The van der Waals surface area contributed by atoms with E-state index < -0.39 is 28.5 Å². The van der Waals surface area contributed by atoms with Gasteiger partial charge in [-0.25, -0.2) is 13.2 Å². The number of halogens is 1. The van der Waals surface area contributed by atoms with Crippen LogP contribution in [0.3, 0.4) is 0 Å². The number of nitrogens with zero attached hydrogens (tertiary/aromatic N) is 2. The summed E-state index contributed by atoms with van der Waals surface area (Å²) in [4.78, 5) is 29.3. The molecule has 0 aromatic heterocycles. The fourth-order valence-electron chi connectivity index (χ4n) is 4.32. The highest BCUT2D eigenvalue weighted by atomic mass is 35.5. The first-order valence-corrected chi connectivity index (χ1v) is 14.2. The zero-order valence-corrected chi connectivity index (χ0v) is 21.6. The molecule has 36 heavy (non-hydrogen) atoms. The summed E-state index contributed by atoms with van der Waals surface area (Å²) in [5, 5.41) is 0.0345. The van der Waals surface area contributed by atoms with E-state index in [1.54, 1.807) is 16.7 Å². The van der Waals surface area contributed by atoms with E-state index in [0.717, 1.165) is 29.1 Å². The fourth-order valence-corrected chi connectivity index (χ4v) is 7.40. The quantitative estimate of drug-likeness (QED) is 0.396. The van der Waals surface area contributed by atoms with Crippen molar-refractivity contribution in [2.24, 2.45) is 0 Å². The molecule has 5 rings (SSSR count). The van der Waals surface area contributed by atoms with Crippen LogP contribution in [-0.2, 0) is 19.6 Å². The van der Waals surface area contributed by atoms with E-state index >= 15 is 0 Å². The van der Waals surface area contributed by atoms with Crippen molar-refractivity contribution >= 4 is 56.6 Å². The van der Waals surface area contributed by atoms with Crippen molar-refractivity contribution < 1.29 is 22.7 Å². The van der Waals surface area contributed by atoms with E-state index in [0.29, 0.717) is 24.5 Å². The molecule has 0 atom stereocenters. The number of piperidine rings is 1. The number of para-hydroxylation sites is 2. The normalized spacial score (nSPS) is 15.6. The Morgan fingerprint density at radius 1 is 0.889 bits per heavy atom. The third-order valence-corrected chi connectivity index (χ3v) is 9.62. The van der Waals surface area contributed by atoms with Gasteiger partial charge in [-0.15, -0.1) is 0 Å². The van der Waals surface area contributed by atoms with Crippen LogP contribution in [0.1, 0.15) is 29.6 Å². The number of sulfonamides is 1. The molecule has 3 aromatic carbocycles. The van der Waals surface area contributed by atoms with Gasteiger partial charge in [0.25, 0.3) is 5.91 Å². The molecule has 2 aliphatic rings. The van der Waals surface area contributed by atoms with E-state index in [2.05, 4.69) is 0 Å². The lowest BCUT2D eigenvalue weighted by Gasteiger charge is -2.30. The Morgan fingerprint density at radius 3 is 2.14 bits per heavy atom. The van der Waals surface area contributed by atoms with E-state index in [-0.39, 0.29) is 15.5 Å². The van der Waals surface area contributed by atoms with Crippen molar-refractivity contribution in [1.82, 2.24) is 4.31 Å². The topological polar surface area (TPSA) is 84.0 Å². The number of hydrogen-bond donors (Lipinski definition) is 0. The van der Waals surface area contributed by atoms with E-state index in [9.17, 15) is 18.0 Å². The first kappa shape index (κ1) is 24.8. The Bertz CT molecular complexity index is 1390. The molecule has 0 radical (unpaired) electrons. The number of fused-ring (bicyclic) bond motifs is 2. The fraction of sp³-hybridized carbons (Fsp3) is 0.231. The van der Waals surface area contributed by atoms with Crippen molar-refractivity contribution in [3.63, 3.8) is 0 Å². The number of carbonyl (C=O) groups is 2. The van der Waals surface area contributed by atoms with Gasteiger partial charge in [-0.3, -0.25) is 9.69 Å². The summed E-state index contributed by atoms with van der Waals surface area (Å²) in [5.41, 5.74) is 1.44. The molecule has 10 heteroatoms. The minimum absolute atomic E-state index is 0.0118. The molecule has 0 spiro atoms. The van der Waals surface area contributed by atoms with Crippen molar-refractivity contribution in [2.75, 3.05) is 24.6 Å². The van der Waals surface area contributed by atoms with Crippen molar-refractivity contribution in [1.29, 1.82) is 0 Å². The van der Waals surface area contributed by atoms with Crippen LogP contribution >= 0.6 is 23.4 Å². The van der Waals surface area contributed by atoms with E-state index in [4.69, 9.17) is 16.3 Å². The van der Waals surface area contributed by atoms with Crippen LogP contribution < -0.4 is 4.90 Å². The van der Waals surface area contributed by atoms with Gasteiger partial charge in [-0.05, 0) is 55.3 Å². The average molecular weight is 543 g/mol. The Balaban J connectivity index is 1.35. The lowest BCUT2D eigenvalue weighted by molar-refractivity contribution is -0.121. The maximum Gasteiger partial charge on any atom is 0.338 e. The Kier molecular flexibility index (Phi) is 7.07. The van der Waals surface area contributed by atoms with Crippen LogP contribution in [-0.4, -0.2) is 44.3 Å². The van der Waals surface area contributed by atoms with Gasteiger partial charge in [0.15, 0.2) is 6.61 Å². The number of carbonyl (C=O) groups excluding carboxylic acids is 2. The molecule has 0 bridgehead atoms. The summed E-state index contributed by atoms with van der Waals surface area (Å²) in [7, 11) is -3.85. The SMILES string of the molecule is O=C(OCC(=O)N1c2ccccc2Sc2ccccc21)c1ccc(Cl)c(S(=O)(=O)N2CCCCC2)c1. The standard InChI is InChI=1S/C26H23ClN2O5S2/c27-19-13-12-18(16-24(19)36(32,33)28-14-6-1-7-15-28)26(31)34-17-25(30)29-20-8-2-4-10-22(20)35-23-11-5-3-9-21(23)29/h2-5,8-13,16H,1,6-7,14-15,17H2. The molecule has 0 aliphatic carbocycles. The lowest BCUT2D eigenvalue weighted by atomic mass is 10.2. The first-order valence-electron chi connectivity index (χ1n) is 11.5.